The monoisotopic (exact) mass is 364 g/mol. The Balaban J connectivity index is 0.00000338. The molecular weight excluding hydrogens is 334 g/mol. The molecule has 0 saturated heterocycles. The van der Waals surface area contributed by atoms with Gasteiger partial charge in [0.05, 0.1) is 6.10 Å². The Hall–Kier alpha value is -1.06. The number of benzene rings is 2. The third-order valence-electron chi connectivity index (χ3n) is 4.13. The van der Waals surface area contributed by atoms with Crippen LogP contribution in [0.1, 0.15) is 63.1 Å². The van der Waals surface area contributed by atoms with Gasteiger partial charge in [-0.05, 0) is 75.8 Å². The van der Waals surface area contributed by atoms with Crippen molar-refractivity contribution in [3.05, 3.63) is 58.7 Å². The molecule has 0 radical (unpaired) electrons. The van der Waals surface area contributed by atoms with Gasteiger partial charge in [-0.25, -0.2) is 0 Å². The first-order chi connectivity index (χ1) is 11.6. The first kappa shape index (κ1) is 23.0. The minimum absolute atomic E-state index is 0. The molecule has 0 bridgehead atoms. The summed E-state index contributed by atoms with van der Waals surface area (Å²) in [5.41, 5.74) is 4.55. The van der Waals surface area contributed by atoms with Crippen LogP contribution < -0.4 is 28.9 Å². The van der Waals surface area contributed by atoms with Gasteiger partial charge in [-0.3, -0.25) is 4.79 Å². The number of rotatable bonds is 5. The maximum absolute atomic E-state index is 12.7. The topological polar surface area (TPSA) is 26.3 Å². The fraction of sp³-hybridized carbons (Fsp3) is 0.409. The molecule has 0 N–H and O–H groups in total. The Labute approximate surface area is 173 Å². The first-order valence-electron chi connectivity index (χ1n) is 8.77. The van der Waals surface area contributed by atoms with Crippen LogP contribution in [0.2, 0.25) is 0 Å². The van der Waals surface area contributed by atoms with Gasteiger partial charge in [0.2, 0.25) is 0 Å². The van der Waals surface area contributed by atoms with Crippen LogP contribution in [0, 0.1) is 13.8 Å². The third kappa shape index (κ3) is 5.99. The van der Waals surface area contributed by atoms with Crippen LogP contribution >= 0.6 is 8.58 Å². The zero-order chi connectivity index (χ0) is 18.8. The van der Waals surface area contributed by atoms with E-state index in [1.54, 1.807) is 0 Å². The fourth-order valence-electron chi connectivity index (χ4n) is 2.77. The summed E-state index contributed by atoms with van der Waals surface area (Å²) < 4.78 is 5.78. The van der Waals surface area contributed by atoms with Crippen LogP contribution in [0.25, 0.3) is 0 Å². The molecule has 0 fully saturated rings. The molecule has 0 amide bonds. The van der Waals surface area contributed by atoms with Gasteiger partial charge in [0.25, 0.3) is 0 Å². The summed E-state index contributed by atoms with van der Waals surface area (Å²) in [4.78, 5) is 12.7. The average Bonchev–Trinajstić information content (AvgIpc) is 2.49. The molecule has 2 aromatic carbocycles. The van der Waals surface area contributed by atoms with Gasteiger partial charge in [0.1, 0.15) is 5.75 Å². The van der Waals surface area contributed by atoms with Crippen molar-refractivity contribution in [2.45, 2.75) is 60.0 Å². The van der Waals surface area contributed by atoms with Crippen molar-refractivity contribution < 1.29 is 29.8 Å². The number of aryl methyl sites for hydroxylation is 2. The Bertz CT molecular complexity index is 742. The summed E-state index contributed by atoms with van der Waals surface area (Å²) in [5, 5.41) is 1.13. The van der Waals surface area contributed by atoms with Gasteiger partial charge in [-0.2, -0.15) is 0 Å². The Kier molecular flexibility index (Phi) is 8.16. The van der Waals surface area contributed by atoms with Gasteiger partial charge < -0.3 is 6.16 Å². The number of carbonyl (C=O) groups is 1. The second-order valence-electron chi connectivity index (χ2n) is 7.88. The van der Waals surface area contributed by atoms with E-state index < -0.39 is 0 Å². The molecule has 0 aliphatic heterocycles. The van der Waals surface area contributed by atoms with Crippen molar-refractivity contribution in [3.63, 3.8) is 0 Å². The quantitative estimate of drug-likeness (QED) is 0.602. The van der Waals surface area contributed by atoms with Gasteiger partial charge in [-0.1, -0.05) is 45.0 Å². The van der Waals surface area contributed by atoms with Crippen LogP contribution in [-0.2, 0) is 5.41 Å². The van der Waals surface area contributed by atoms with Crippen LogP contribution in [0.4, 0.5) is 0 Å². The molecule has 2 rings (SSSR count). The number of hydrogen-bond acceptors (Lipinski definition) is 2. The molecule has 0 aliphatic rings. The molecule has 0 aromatic heterocycles. The normalized spacial score (nSPS) is 11.7. The largest absolute Gasteiger partial charge is 1.00 e. The Morgan fingerprint density at radius 2 is 1.54 bits per heavy atom. The fourth-order valence-corrected chi connectivity index (χ4v) is 3.85. The molecule has 0 heterocycles. The Morgan fingerprint density at radius 1 is 1.04 bits per heavy atom. The minimum Gasteiger partial charge on any atom is -1.00 e. The smallest absolute Gasteiger partial charge is 1.00 e. The third-order valence-corrected chi connectivity index (χ3v) is 5.68. The van der Waals surface area contributed by atoms with E-state index in [0.29, 0.717) is 0 Å². The van der Waals surface area contributed by atoms with Crippen molar-refractivity contribution >= 4 is 19.4 Å². The Morgan fingerprint density at radius 3 is 1.96 bits per heavy atom. The molecule has 0 saturated carbocycles. The van der Waals surface area contributed by atoms with E-state index in [-0.39, 0.29) is 45.9 Å². The van der Waals surface area contributed by atoms with Crippen molar-refractivity contribution in [1.82, 2.24) is 0 Å². The molecule has 2 nitrogen and oxygen atoms in total. The first-order valence-corrected chi connectivity index (χ1v) is 9.77. The molecule has 2 aromatic rings. The molecule has 0 spiro atoms. The summed E-state index contributed by atoms with van der Waals surface area (Å²) in [6, 6.07) is 12.1. The second-order valence-corrected chi connectivity index (χ2v) is 9.08. The number of hydrogen-bond donors (Lipinski definition) is 0. The molecule has 1 atom stereocenters. The van der Waals surface area contributed by atoms with Crippen LogP contribution in [0.3, 0.4) is 0 Å². The van der Waals surface area contributed by atoms with Crippen molar-refractivity contribution in [2.75, 3.05) is 0 Å². The minimum atomic E-state index is 0. The maximum Gasteiger partial charge on any atom is 1.00 e. The predicted molar refractivity (Wildman–Crippen MR) is 110 cm³/mol. The molecule has 26 heavy (non-hydrogen) atoms. The summed E-state index contributed by atoms with van der Waals surface area (Å²) in [7, 11) is 0.135. The van der Waals surface area contributed by atoms with E-state index >= 15 is 0 Å². The van der Waals surface area contributed by atoms with E-state index in [0.717, 1.165) is 27.7 Å². The number of ether oxygens (including phenoxy) is 1. The molecule has 1 unspecified atom stereocenters. The zero-order valence-corrected chi connectivity index (χ0v) is 18.4. The van der Waals surface area contributed by atoms with Crippen LogP contribution in [0.15, 0.2) is 36.4 Å². The van der Waals surface area contributed by atoms with Crippen molar-refractivity contribution in [3.8, 4) is 5.75 Å². The van der Waals surface area contributed by atoms with Crippen LogP contribution in [-0.4, -0.2) is 11.6 Å². The summed E-state index contributed by atoms with van der Waals surface area (Å²) in [6.45, 7) is 14.7. The van der Waals surface area contributed by atoms with Crippen molar-refractivity contribution in [2.24, 2.45) is 0 Å². The molecule has 0 aliphatic carbocycles. The maximum atomic E-state index is 12.7. The zero-order valence-electron chi connectivity index (χ0n) is 18.4. The average molecular weight is 364 g/mol. The summed E-state index contributed by atoms with van der Waals surface area (Å²) in [6.07, 6.45) is 0.148. The van der Waals surface area contributed by atoms with Gasteiger partial charge in [-0.15, -0.1) is 0 Å². The summed E-state index contributed by atoms with van der Waals surface area (Å²) in [5.74, 6) is 0.875. The van der Waals surface area contributed by atoms with E-state index in [1.165, 1.54) is 5.56 Å². The molecule has 136 valence electrons. The predicted octanol–water partition coefficient (Wildman–Crippen LogP) is 2.65. The van der Waals surface area contributed by atoms with E-state index in [9.17, 15) is 4.79 Å². The molecule has 4 heteroatoms. The second kappa shape index (κ2) is 9.23. The van der Waals surface area contributed by atoms with E-state index in [4.69, 9.17) is 4.74 Å². The number of carbonyl (C=O) groups excluding carboxylic acids is 1. The van der Waals surface area contributed by atoms with Gasteiger partial charge >= 0.3 is 18.9 Å². The van der Waals surface area contributed by atoms with E-state index in [1.807, 2.05) is 38.1 Å². The van der Waals surface area contributed by atoms with Crippen molar-refractivity contribution in [1.29, 1.82) is 0 Å². The van der Waals surface area contributed by atoms with Gasteiger partial charge in [0.15, 0.2) is 5.52 Å². The molecular formula is C22H30LiO2P. The standard InChI is InChI=1S/C22H29O2P.Li.H/c1-14(2)24-19-12-15(3)20(16(4)13-19)25-21(23)17-8-10-18(11-9-17)22(5,6)7;;/h8-14,25H,1-7H3;;/q;+1;-1. The van der Waals surface area contributed by atoms with Gasteiger partial charge in [0, 0.05) is 5.56 Å². The summed E-state index contributed by atoms with van der Waals surface area (Å²) >= 11 is 0. The van der Waals surface area contributed by atoms with Crippen LogP contribution in [0.5, 0.6) is 5.75 Å². The van der Waals surface area contributed by atoms with E-state index in [2.05, 4.69) is 46.8 Å². The SMILES string of the molecule is Cc1cc(OC(C)C)cc(C)c1PC(=O)c1ccc(C(C)(C)C)cc1.[H-].[Li+].